The van der Waals surface area contributed by atoms with Crippen LogP contribution in [0.15, 0.2) is 24.7 Å². The number of amides is 1. The van der Waals surface area contributed by atoms with Crippen molar-refractivity contribution >= 4 is 5.91 Å². The molecular formula is C14H17N5O. The quantitative estimate of drug-likeness (QED) is 0.900. The highest BCUT2D eigenvalue weighted by Gasteiger charge is 2.24. The highest BCUT2D eigenvalue weighted by molar-refractivity contribution is 5.73. The lowest BCUT2D eigenvalue weighted by molar-refractivity contribution is -0.130. The van der Waals surface area contributed by atoms with Crippen LogP contribution in [0, 0.1) is 0 Å². The van der Waals surface area contributed by atoms with Gasteiger partial charge in [0.2, 0.25) is 5.91 Å². The molecule has 2 aromatic heterocycles. The van der Waals surface area contributed by atoms with Crippen molar-refractivity contribution in [2.24, 2.45) is 0 Å². The van der Waals surface area contributed by atoms with E-state index in [0.29, 0.717) is 0 Å². The van der Waals surface area contributed by atoms with Gasteiger partial charge in [-0.3, -0.25) is 14.9 Å². The molecular weight excluding hydrogens is 254 g/mol. The van der Waals surface area contributed by atoms with E-state index in [2.05, 4.69) is 20.2 Å². The van der Waals surface area contributed by atoms with E-state index in [-0.39, 0.29) is 11.8 Å². The topological polar surface area (TPSA) is 74.8 Å². The molecule has 0 saturated carbocycles. The molecule has 104 valence electrons. The normalized spacial score (nSPS) is 19.1. The summed E-state index contributed by atoms with van der Waals surface area (Å²) >= 11 is 0. The largest absolute Gasteiger partial charge is 0.342 e. The number of nitrogens with zero attached hydrogens (tertiary/aromatic N) is 4. The summed E-state index contributed by atoms with van der Waals surface area (Å²) < 4.78 is 0. The molecule has 0 radical (unpaired) electrons. The van der Waals surface area contributed by atoms with Crippen LogP contribution in [0.25, 0.3) is 11.4 Å². The van der Waals surface area contributed by atoms with Crippen molar-refractivity contribution in [3.63, 3.8) is 0 Å². The number of aromatic nitrogens is 4. The first kappa shape index (κ1) is 12.8. The maximum absolute atomic E-state index is 11.5. The van der Waals surface area contributed by atoms with Crippen LogP contribution in [-0.2, 0) is 4.79 Å². The minimum atomic E-state index is 0.132. The number of carbonyl (C=O) groups excluding carboxylic acids is 1. The molecule has 0 aliphatic carbocycles. The van der Waals surface area contributed by atoms with E-state index in [9.17, 15) is 4.79 Å². The third-order valence-electron chi connectivity index (χ3n) is 3.71. The van der Waals surface area contributed by atoms with Crippen molar-refractivity contribution in [2.75, 3.05) is 13.1 Å². The third kappa shape index (κ3) is 2.54. The molecule has 2 aromatic rings. The minimum Gasteiger partial charge on any atom is -0.342 e. The molecule has 1 atom stereocenters. The zero-order chi connectivity index (χ0) is 13.9. The van der Waals surface area contributed by atoms with Crippen molar-refractivity contribution in [3.05, 3.63) is 30.4 Å². The van der Waals surface area contributed by atoms with Gasteiger partial charge < -0.3 is 4.90 Å². The molecule has 0 bridgehead atoms. The molecule has 1 N–H and O–H groups in total. The number of carbonyl (C=O) groups is 1. The maximum Gasteiger partial charge on any atom is 0.219 e. The number of H-pyrrole nitrogens is 1. The van der Waals surface area contributed by atoms with Crippen LogP contribution in [0.4, 0.5) is 0 Å². The van der Waals surface area contributed by atoms with Crippen LogP contribution in [-0.4, -0.2) is 44.1 Å². The molecule has 1 aliphatic heterocycles. The summed E-state index contributed by atoms with van der Waals surface area (Å²) in [6, 6.07) is 1.87. The summed E-state index contributed by atoms with van der Waals surface area (Å²) in [6.45, 7) is 3.20. The molecule has 6 nitrogen and oxygen atoms in total. The number of likely N-dealkylation sites (tertiary alicyclic amines) is 1. The van der Waals surface area contributed by atoms with Gasteiger partial charge in [0.05, 0.1) is 17.6 Å². The average Bonchev–Trinajstić information content (AvgIpc) is 3.02. The average molecular weight is 271 g/mol. The van der Waals surface area contributed by atoms with Gasteiger partial charge in [0, 0.05) is 38.3 Å². The highest BCUT2D eigenvalue weighted by Crippen LogP contribution is 2.26. The number of hydrogen-bond donors (Lipinski definition) is 1. The van der Waals surface area contributed by atoms with Crippen LogP contribution >= 0.6 is 0 Å². The minimum absolute atomic E-state index is 0.132. The predicted molar refractivity (Wildman–Crippen MR) is 73.8 cm³/mol. The Kier molecular flexibility index (Phi) is 3.45. The molecule has 1 aliphatic rings. The van der Waals surface area contributed by atoms with Crippen molar-refractivity contribution < 1.29 is 4.79 Å². The molecule has 1 amide bonds. The summed E-state index contributed by atoms with van der Waals surface area (Å²) in [7, 11) is 0. The number of piperidine rings is 1. The fraction of sp³-hybridized carbons (Fsp3) is 0.429. The second kappa shape index (κ2) is 5.40. The van der Waals surface area contributed by atoms with E-state index in [4.69, 9.17) is 0 Å². The molecule has 3 heterocycles. The van der Waals surface area contributed by atoms with Gasteiger partial charge in [-0.05, 0) is 18.9 Å². The predicted octanol–water partition coefficient (Wildman–Crippen LogP) is 1.59. The maximum atomic E-state index is 11.5. The SMILES string of the molecule is CC(=O)N1CCC[C@H](c2cncc(-c3ccn[nH]3)n2)C1. The Morgan fingerprint density at radius 2 is 2.35 bits per heavy atom. The zero-order valence-electron chi connectivity index (χ0n) is 11.4. The number of aromatic amines is 1. The van der Waals surface area contributed by atoms with Gasteiger partial charge in [-0.25, -0.2) is 4.98 Å². The van der Waals surface area contributed by atoms with Gasteiger partial charge >= 0.3 is 0 Å². The van der Waals surface area contributed by atoms with Crippen LogP contribution in [0.1, 0.15) is 31.4 Å². The summed E-state index contributed by atoms with van der Waals surface area (Å²) in [5.74, 6) is 0.399. The molecule has 1 saturated heterocycles. The Balaban J connectivity index is 1.83. The molecule has 6 heteroatoms. The highest BCUT2D eigenvalue weighted by atomic mass is 16.2. The second-order valence-electron chi connectivity index (χ2n) is 5.10. The Hall–Kier alpha value is -2.24. The molecule has 0 aromatic carbocycles. The van der Waals surface area contributed by atoms with E-state index in [1.165, 1.54) is 0 Å². The molecule has 0 unspecified atom stereocenters. The molecule has 20 heavy (non-hydrogen) atoms. The summed E-state index contributed by atoms with van der Waals surface area (Å²) in [4.78, 5) is 22.3. The van der Waals surface area contributed by atoms with Crippen molar-refractivity contribution in [3.8, 4) is 11.4 Å². The van der Waals surface area contributed by atoms with Gasteiger partial charge in [0.15, 0.2) is 0 Å². The van der Waals surface area contributed by atoms with E-state index in [0.717, 1.165) is 43.0 Å². The number of nitrogens with one attached hydrogen (secondary N) is 1. The van der Waals surface area contributed by atoms with Gasteiger partial charge in [0.1, 0.15) is 5.69 Å². The lowest BCUT2D eigenvalue weighted by Gasteiger charge is -2.31. The smallest absolute Gasteiger partial charge is 0.219 e. The Bertz CT molecular complexity index is 595. The van der Waals surface area contributed by atoms with Gasteiger partial charge in [0.25, 0.3) is 0 Å². The van der Waals surface area contributed by atoms with Crippen molar-refractivity contribution in [2.45, 2.75) is 25.7 Å². The fourth-order valence-electron chi connectivity index (χ4n) is 2.61. The Morgan fingerprint density at radius 3 is 3.10 bits per heavy atom. The Labute approximate surface area is 117 Å². The van der Waals surface area contributed by atoms with Crippen LogP contribution < -0.4 is 0 Å². The fourth-order valence-corrected chi connectivity index (χ4v) is 2.61. The van der Waals surface area contributed by atoms with Gasteiger partial charge in [-0.15, -0.1) is 0 Å². The zero-order valence-corrected chi connectivity index (χ0v) is 11.4. The van der Waals surface area contributed by atoms with Crippen molar-refractivity contribution in [1.29, 1.82) is 0 Å². The summed E-state index contributed by atoms with van der Waals surface area (Å²) in [5.41, 5.74) is 2.60. The van der Waals surface area contributed by atoms with E-state index in [1.54, 1.807) is 25.5 Å². The number of hydrogen-bond acceptors (Lipinski definition) is 4. The Morgan fingerprint density at radius 1 is 1.45 bits per heavy atom. The van der Waals surface area contributed by atoms with Gasteiger partial charge in [-0.1, -0.05) is 0 Å². The van der Waals surface area contributed by atoms with Gasteiger partial charge in [-0.2, -0.15) is 5.10 Å². The molecule has 1 fully saturated rings. The number of rotatable bonds is 2. The third-order valence-corrected chi connectivity index (χ3v) is 3.71. The monoisotopic (exact) mass is 271 g/mol. The summed E-state index contributed by atoms with van der Waals surface area (Å²) in [6.07, 6.45) is 7.28. The van der Waals surface area contributed by atoms with E-state index >= 15 is 0 Å². The standard InChI is InChI=1S/C14H17N5O/c1-10(20)19-6-2-3-11(9-19)13-7-15-8-14(17-13)12-4-5-16-18-12/h4-5,7-8,11H,2-3,6,9H2,1H3,(H,16,18)/t11-/m0/s1. The van der Waals surface area contributed by atoms with Crippen LogP contribution in [0.3, 0.4) is 0 Å². The summed E-state index contributed by atoms with van der Waals surface area (Å²) in [5, 5.41) is 6.82. The first-order valence-corrected chi connectivity index (χ1v) is 6.81. The first-order valence-electron chi connectivity index (χ1n) is 6.81. The van der Waals surface area contributed by atoms with E-state index < -0.39 is 0 Å². The first-order chi connectivity index (χ1) is 9.74. The van der Waals surface area contributed by atoms with Crippen LogP contribution in [0.2, 0.25) is 0 Å². The molecule has 0 spiro atoms. The lowest BCUT2D eigenvalue weighted by Crippen LogP contribution is -2.37. The van der Waals surface area contributed by atoms with Crippen LogP contribution in [0.5, 0.6) is 0 Å². The van der Waals surface area contributed by atoms with E-state index in [1.807, 2.05) is 11.0 Å². The second-order valence-corrected chi connectivity index (χ2v) is 5.10. The molecule has 3 rings (SSSR count). The van der Waals surface area contributed by atoms with Crippen molar-refractivity contribution in [1.82, 2.24) is 25.1 Å². The lowest BCUT2D eigenvalue weighted by atomic mass is 9.95.